The second kappa shape index (κ2) is 12.5. The van der Waals surface area contributed by atoms with Crippen molar-refractivity contribution >= 4 is 17.9 Å². The van der Waals surface area contributed by atoms with Crippen LogP contribution in [-0.2, 0) is 14.3 Å². The molecule has 1 fully saturated rings. The Morgan fingerprint density at radius 2 is 1.76 bits per heavy atom. The first-order valence-electron chi connectivity index (χ1n) is 12.0. The van der Waals surface area contributed by atoms with Gasteiger partial charge in [0, 0.05) is 12.6 Å². The van der Waals surface area contributed by atoms with Gasteiger partial charge in [0.2, 0.25) is 11.8 Å². The summed E-state index contributed by atoms with van der Waals surface area (Å²) in [6.07, 6.45) is 6.05. The molecule has 0 aliphatic heterocycles. The normalized spacial score (nSPS) is 15.4. The maximum absolute atomic E-state index is 13.5. The Hall–Kier alpha value is -2.77. The Morgan fingerprint density at radius 3 is 2.33 bits per heavy atom. The molecule has 1 aliphatic carbocycles. The number of rotatable bonds is 9. The fourth-order valence-electron chi connectivity index (χ4n) is 3.95. The second-order valence-corrected chi connectivity index (χ2v) is 9.63. The number of nitrogens with one attached hydrogen (secondary N) is 2. The van der Waals surface area contributed by atoms with E-state index in [0.717, 1.165) is 32.1 Å². The molecule has 0 spiro atoms. The number of phenols is 1. The van der Waals surface area contributed by atoms with Crippen molar-refractivity contribution in [1.82, 2.24) is 15.5 Å². The number of carbonyl (C=O) groups excluding carboxylic acids is 3. The monoisotopic (exact) mass is 461 g/mol. The summed E-state index contributed by atoms with van der Waals surface area (Å²) in [4.78, 5) is 40.3. The Kier molecular flexibility index (Phi) is 10.0. The van der Waals surface area contributed by atoms with E-state index >= 15 is 0 Å². The zero-order chi connectivity index (χ0) is 24.4. The first-order chi connectivity index (χ1) is 15.6. The number of phenolic OH excluding ortho intramolecular Hbond substituents is 1. The maximum Gasteiger partial charge on any atom is 0.408 e. The van der Waals surface area contributed by atoms with Gasteiger partial charge in [-0.15, -0.1) is 0 Å². The molecule has 1 unspecified atom stereocenters. The summed E-state index contributed by atoms with van der Waals surface area (Å²) in [6, 6.07) is 5.58. The Balaban J connectivity index is 2.24. The van der Waals surface area contributed by atoms with E-state index in [-0.39, 0.29) is 30.2 Å². The van der Waals surface area contributed by atoms with Crippen molar-refractivity contribution in [2.24, 2.45) is 0 Å². The largest absolute Gasteiger partial charge is 0.508 e. The number of alkyl carbamates (subject to hydrolysis) is 1. The zero-order valence-electron chi connectivity index (χ0n) is 20.4. The number of aromatic hydroxyl groups is 1. The van der Waals surface area contributed by atoms with E-state index in [0.29, 0.717) is 18.5 Å². The molecule has 1 aliphatic rings. The minimum Gasteiger partial charge on any atom is -0.508 e. The van der Waals surface area contributed by atoms with Crippen molar-refractivity contribution in [3.05, 3.63) is 29.8 Å². The number of benzene rings is 1. The van der Waals surface area contributed by atoms with Gasteiger partial charge in [0.05, 0.1) is 0 Å². The van der Waals surface area contributed by atoms with Gasteiger partial charge in [0.15, 0.2) is 0 Å². The van der Waals surface area contributed by atoms with Crippen LogP contribution < -0.4 is 10.6 Å². The van der Waals surface area contributed by atoms with Crippen molar-refractivity contribution in [3.8, 4) is 5.75 Å². The van der Waals surface area contributed by atoms with E-state index in [1.54, 1.807) is 32.9 Å². The lowest BCUT2D eigenvalue weighted by Gasteiger charge is -2.33. The van der Waals surface area contributed by atoms with Crippen LogP contribution in [0.1, 0.15) is 84.2 Å². The maximum atomic E-state index is 13.5. The molecular formula is C25H39N3O5. The summed E-state index contributed by atoms with van der Waals surface area (Å²) in [5, 5.41) is 15.4. The van der Waals surface area contributed by atoms with E-state index in [1.807, 2.05) is 6.92 Å². The Labute approximate surface area is 197 Å². The average Bonchev–Trinajstić information content (AvgIpc) is 2.75. The van der Waals surface area contributed by atoms with Gasteiger partial charge in [-0.2, -0.15) is 0 Å². The highest BCUT2D eigenvalue weighted by Gasteiger charge is 2.33. The van der Waals surface area contributed by atoms with E-state index < -0.39 is 17.7 Å². The molecule has 2 rings (SSSR count). The standard InChI is InChI=1S/C25H39N3O5/c1-5-6-16-28(21(30)17-26-24(32)33-25(2,3)4)22(18-12-14-20(29)15-13-18)23(31)27-19-10-8-7-9-11-19/h12-15,19,22,29H,5-11,16-17H2,1-4H3,(H,26,32)(H,27,31). The number of amides is 3. The molecule has 0 aromatic heterocycles. The molecule has 1 saturated carbocycles. The summed E-state index contributed by atoms with van der Waals surface area (Å²) in [7, 11) is 0. The number of unbranched alkanes of at least 4 members (excludes halogenated alkanes) is 1. The Bertz CT molecular complexity index is 782. The Morgan fingerprint density at radius 1 is 1.12 bits per heavy atom. The molecule has 0 radical (unpaired) electrons. The third kappa shape index (κ3) is 8.94. The lowest BCUT2D eigenvalue weighted by molar-refractivity contribution is -0.140. The summed E-state index contributed by atoms with van der Waals surface area (Å²) in [5.74, 6) is -0.524. The summed E-state index contributed by atoms with van der Waals surface area (Å²) in [6.45, 7) is 7.35. The molecular weight excluding hydrogens is 422 g/mol. The molecule has 1 aromatic rings. The van der Waals surface area contributed by atoms with Gasteiger partial charge in [-0.25, -0.2) is 4.79 Å². The smallest absolute Gasteiger partial charge is 0.408 e. The lowest BCUT2D eigenvalue weighted by atomic mass is 9.94. The molecule has 1 aromatic carbocycles. The minimum atomic E-state index is -0.855. The highest BCUT2D eigenvalue weighted by molar-refractivity contribution is 5.90. The van der Waals surface area contributed by atoms with Crippen LogP contribution in [0.2, 0.25) is 0 Å². The van der Waals surface area contributed by atoms with Crippen LogP contribution in [0.25, 0.3) is 0 Å². The van der Waals surface area contributed by atoms with Gasteiger partial charge in [0.1, 0.15) is 23.9 Å². The molecule has 3 N–H and O–H groups in total. The van der Waals surface area contributed by atoms with Crippen molar-refractivity contribution in [1.29, 1.82) is 0 Å². The van der Waals surface area contributed by atoms with Gasteiger partial charge in [-0.1, -0.05) is 44.7 Å². The van der Waals surface area contributed by atoms with Gasteiger partial charge in [-0.3, -0.25) is 9.59 Å². The van der Waals surface area contributed by atoms with Crippen molar-refractivity contribution in [2.75, 3.05) is 13.1 Å². The van der Waals surface area contributed by atoms with E-state index in [9.17, 15) is 19.5 Å². The number of nitrogens with zero attached hydrogens (tertiary/aromatic N) is 1. The number of hydrogen-bond acceptors (Lipinski definition) is 5. The highest BCUT2D eigenvalue weighted by Crippen LogP contribution is 2.26. The zero-order valence-corrected chi connectivity index (χ0v) is 20.4. The third-order valence-electron chi connectivity index (χ3n) is 5.58. The van der Waals surface area contributed by atoms with Crippen LogP contribution in [0.4, 0.5) is 4.79 Å². The SMILES string of the molecule is CCCCN(C(=O)CNC(=O)OC(C)(C)C)C(C(=O)NC1CCCCC1)c1ccc(O)cc1. The van der Waals surface area contributed by atoms with Gasteiger partial charge in [0.25, 0.3) is 0 Å². The van der Waals surface area contributed by atoms with Crippen LogP contribution in [0, 0.1) is 0 Å². The van der Waals surface area contributed by atoms with Gasteiger partial charge >= 0.3 is 6.09 Å². The summed E-state index contributed by atoms with van der Waals surface area (Å²) < 4.78 is 5.23. The summed E-state index contributed by atoms with van der Waals surface area (Å²) >= 11 is 0. The summed E-state index contributed by atoms with van der Waals surface area (Å²) in [5.41, 5.74) is -0.0634. The quantitative estimate of drug-likeness (QED) is 0.514. The minimum absolute atomic E-state index is 0.0863. The average molecular weight is 462 g/mol. The van der Waals surface area contributed by atoms with Gasteiger partial charge < -0.3 is 25.4 Å². The fourth-order valence-corrected chi connectivity index (χ4v) is 3.95. The molecule has 8 nitrogen and oxygen atoms in total. The topological polar surface area (TPSA) is 108 Å². The van der Waals surface area contributed by atoms with Crippen molar-refractivity contribution < 1.29 is 24.2 Å². The predicted octanol–water partition coefficient (Wildman–Crippen LogP) is 4.04. The van der Waals surface area contributed by atoms with Crippen LogP contribution in [-0.4, -0.2) is 52.6 Å². The van der Waals surface area contributed by atoms with E-state index in [2.05, 4.69) is 10.6 Å². The molecule has 33 heavy (non-hydrogen) atoms. The van der Waals surface area contributed by atoms with E-state index in [4.69, 9.17) is 4.74 Å². The molecule has 1 atom stereocenters. The molecule has 0 saturated heterocycles. The number of ether oxygens (including phenoxy) is 1. The third-order valence-corrected chi connectivity index (χ3v) is 5.58. The lowest BCUT2D eigenvalue weighted by Crippen LogP contribution is -2.50. The highest BCUT2D eigenvalue weighted by atomic mass is 16.6. The molecule has 3 amide bonds. The second-order valence-electron chi connectivity index (χ2n) is 9.63. The first kappa shape index (κ1) is 26.5. The van der Waals surface area contributed by atoms with Crippen molar-refractivity contribution in [2.45, 2.75) is 90.3 Å². The van der Waals surface area contributed by atoms with Crippen LogP contribution >= 0.6 is 0 Å². The van der Waals surface area contributed by atoms with Crippen molar-refractivity contribution in [3.63, 3.8) is 0 Å². The molecule has 8 heteroatoms. The number of hydrogen-bond donors (Lipinski definition) is 3. The molecule has 184 valence electrons. The number of carbonyl (C=O) groups is 3. The van der Waals surface area contributed by atoms with Crippen LogP contribution in [0.15, 0.2) is 24.3 Å². The predicted molar refractivity (Wildman–Crippen MR) is 127 cm³/mol. The van der Waals surface area contributed by atoms with E-state index in [1.165, 1.54) is 23.5 Å². The molecule has 0 heterocycles. The van der Waals surface area contributed by atoms with Crippen LogP contribution in [0.3, 0.4) is 0 Å². The first-order valence-corrected chi connectivity index (χ1v) is 12.0. The van der Waals surface area contributed by atoms with Gasteiger partial charge in [-0.05, 0) is 57.7 Å². The fraction of sp³-hybridized carbons (Fsp3) is 0.640. The van der Waals surface area contributed by atoms with Crippen LogP contribution in [0.5, 0.6) is 5.75 Å². The molecule has 0 bridgehead atoms.